The van der Waals surface area contributed by atoms with Crippen LogP contribution >= 0.6 is 0 Å². The SMILES string of the molecule is CCCC(NC(=O)c1ccc(OC(F)(F)F)cc1)C(=O)N1CCC2C1C(=O)CN2C(=O)Cc1cccnc1. The van der Waals surface area contributed by atoms with E-state index >= 15 is 0 Å². The summed E-state index contributed by atoms with van der Waals surface area (Å²) in [6, 6.07) is 5.71. The quantitative estimate of drug-likeness (QED) is 0.560. The maximum absolute atomic E-state index is 13.5. The third-order valence-corrected chi connectivity index (χ3v) is 6.63. The van der Waals surface area contributed by atoms with Crippen LogP contribution in [0.1, 0.15) is 42.1 Å². The average Bonchev–Trinajstić information content (AvgIpc) is 3.44. The molecule has 202 valence electrons. The second-order valence-corrected chi connectivity index (χ2v) is 9.25. The maximum atomic E-state index is 13.5. The van der Waals surface area contributed by atoms with Gasteiger partial charge in [0.05, 0.1) is 19.0 Å². The molecule has 2 saturated heterocycles. The smallest absolute Gasteiger partial charge is 0.406 e. The number of pyridine rings is 1. The summed E-state index contributed by atoms with van der Waals surface area (Å²) in [7, 11) is 0. The molecule has 0 aliphatic carbocycles. The molecule has 2 aliphatic rings. The van der Waals surface area contributed by atoms with E-state index < -0.39 is 42.1 Å². The van der Waals surface area contributed by atoms with Crippen LogP contribution in [-0.4, -0.2) is 75.9 Å². The molecule has 3 heterocycles. The first-order valence-corrected chi connectivity index (χ1v) is 12.3. The molecule has 1 N–H and O–H groups in total. The zero-order chi connectivity index (χ0) is 27.4. The molecule has 3 amide bonds. The first-order chi connectivity index (χ1) is 18.1. The Balaban J connectivity index is 1.42. The predicted molar refractivity (Wildman–Crippen MR) is 128 cm³/mol. The summed E-state index contributed by atoms with van der Waals surface area (Å²) in [4.78, 5) is 59.1. The second-order valence-electron chi connectivity index (χ2n) is 9.25. The van der Waals surface area contributed by atoms with Gasteiger partial charge < -0.3 is 19.9 Å². The molecule has 1 aromatic carbocycles. The number of alkyl halides is 3. The van der Waals surface area contributed by atoms with Gasteiger partial charge in [0, 0.05) is 24.5 Å². The van der Waals surface area contributed by atoms with Crippen molar-refractivity contribution >= 4 is 23.5 Å². The van der Waals surface area contributed by atoms with Crippen molar-refractivity contribution in [3.63, 3.8) is 0 Å². The van der Waals surface area contributed by atoms with Gasteiger partial charge in [-0.05, 0) is 48.7 Å². The summed E-state index contributed by atoms with van der Waals surface area (Å²) in [5.41, 5.74) is 0.778. The summed E-state index contributed by atoms with van der Waals surface area (Å²) in [6.07, 6.45) is -0.272. The van der Waals surface area contributed by atoms with Gasteiger partial charge in [0.2, 0.25) is 11.8 Å². The topological polar surface area (TPSA) is 109 Å². The van der Waals surface area contributed by atoms with Gasteiger partial charge in [-0.1, -0.05) is 19.4 Å². The number of likely N-dealkylation sites (tertiary alicyclic amines) is 2. The van der Waals surface area contributed by atoms with Crippen molar-refractivity contribution in [3.8, 4) is 5.75 Å². The lowest BCUT2D eigenvalue weighted by atomic mass is 10.1. The van der Waals surface area contributed by atoms with Gasteiger partial charge in [-0.25, -0.2) is 0 Å². The molecule has 2 aliphatic heterocycles. The molecule has 3 unspecified atom stereocenters. The van der Waals surface area contributed by atoms with E-state index in [0.717, 1.165) is 17.7 Å². The number of hydrogen-bond acceptors (Lipinski definition) is 6. The number of amides is 3. The highest BCUT2D eigenvalue weighted by Crippen LogP contribution is 2.31. The minimum atomic E-state index is -4.85. The van der Waals surface area contributed by atoms with E-state index in [4.69, 9.17) is 0 Å². The largest absolute Gasteiger partial charge is 0.573 e. The third-order valence-electron chi connectivity index (χ3n) is 6.63. The second kappa shape index (κ2) is 11.2. The lowest BCUT2D eigenvalue weighted by Crippen LogP contribution is -2.52. The number of rotatable bonds is 8. The van der Waals surface area contributed by atoms with Crippen molar-refractivity contribution in [2.45, 2.75) is 57.1 Å². The van der Waals surface area contributed by atoms with Crippen LogP contribution in [0.25, 0.3) is 0 Å². The van der Waals surface area contributed by atoms with Crippen molar-refractivity contribution in [2.75, 3.05) is 13.1 Å². The van der Waals surface area contributed by atoms with E-state index in [1.165, 1.54) is 21.9 Å². The minimum absolute atomic E-state index is 0.0526. The molecule has 12 heteroatoms. The van der Waals surface area contributed by atoms with Gasteiger partial charge in [0.25, 0.3) is 5.91 Å². The Morgan fingerprint density at radius 1 is 1.16 bits per heavy atom. The number of nitrogens with one attached hydrogen (secondary N) is 1. The molecule has 0 bridgehead atoms. The highest BCUT2D eigenvalue weighted by atomic mass is 19.4. The number of ketones is 1. The van der Waals surface area contributed by atoms with Crippen LogP contribution in [0.3, 0.4) is 0 Å². The molecule has 9 nitrogen and oxygen atoms in total. The molecule has 38 heavy (non-hydrogen) atoms. The van der Waals surface area contributed by atoms with Gasteiger partial charge in [0.15, 0.2) is 5.78 Å². The number of nitrogens with zero attached hydrogens (tertiary/aromatic N) is 3. The lowest BCUT2D eigenvalue weighted by molar-refractivity contribution is -0.274. The number of hydrogen-bond donors (Lipinski definition) is 1. The fourth-order valence-electron chi connectivity index (χ4n) is 4.96. The van der Waals surface area contributed by atoms with Gasteiger partial charge in [0.1, 0.15) is 17.8 Å². The zero-order valence-electron chi connectivity index (χ0n) is 20.6. The first-order valence-electron chi connectivity index (χ1n) is 12.3. The van der Waals surface area contributed by atoms with Crippen molar-refractivity contribution < 1.29 is 37.1 Å². The Hall–Kier alpha value is -3.96. The first kappa shape index (κ1) is 27.1. The van der Waals surface area contributed by atoms with Crippen LogP contribution in [0.15, 0.2) is 48.8 Å². The van der Waals surface area contributed by atoms with E-state index in [0.29, 0.717) is 19.3 Å². The monoisotopic (exact) mass is 532 g/mol. The normalized spacial score (nSPS) is 19.7. The third kappa shape index (κ3) is 6.12. The number of halogens is 3. The highest BCUT2D eigenvalue weighted by Gasteiger charge is 2.52. The molecule has 4 rings (SSSR count). The fourth-order valence-corrected chi connectivity index (χ4v) is 4.96. The van der Waals surface area contributed by atoms with Crippen LogP contribution in [0.5, 0.6) is 5.75 Å². The van der Waals surface area contributed by atoms with E-state index in [9.17, 15) is 32.3 Å². The summed E-state index contributed by atoms with van der Waals surface area (Å²) < 4.78 is 41.0. The Labute approximate surface area is 216 Å². The minimum Gasteiger partial charge on any atom is -0.406 e. The number of benzene rings is 1. The van der Waals surface area contributed by atoms with Gasteiger partial charge in [-0.3, -0.25) is 24.2 Å². The van der Waals surface area contributed by atoms with Gasteiger partial charge >= 0.3 is 6.36 Å². The molecule has 0 saturated carbocycles. The molecule has 1 aromatic heterocycles. The standard InChI is InChI=1S/C26H27F3N4O5/c1-2-4-19(31-24(36)17-6-8-18(9-7-17)38-26(27,28)29)25(37)32-12-10-20-23(32)21(34)15-33(20)22(35)13-16-5-3-11-30-14-16/h3,5-9,11,14,19-20,23H,2,4,10,12-13,15H2,1H3,(H,31,36). The maximum Gasteiger partial charge on any atom is 0.573 e. The summed E-state index contributed by atoms with van der Waals surface area (Å²) in [6.45, 7) is 2.01. The lowest BCUT2D eigenvalue weighted by Gasteiger charge is -2.28. The number of carbonyl (C=O) groups is 4. The van der Waals surface area contributed by atoms with Crippen molar-refractivity contribution in [1.82, 2.24) is 20.1 Å². The number of carbonyl (C=O) groups excluding carboxylic acids is 4. The molecule has 0 radical (unpaired) electrons. The molecule has 2 aromatic rings. The van der Waals surface area contributed by atoms with Crippen molar-refractivity contribution in [1.29, 1.82) is 0 Å². The fraction of sp³-hybridized carbons (Fsp3) is 0.423. The Kier molecular flexibility index (Phi) is 7.98. The van der Waals surface area contributed by atoms with Crippen LogP contribution < -0.4 is 10.1 Å². The van der Waals surface area contributed by atoms with E-state index in [1.807, 2.05) is 6.92 Å². The number of ether oxygens (including phenoxy) is 1. The van der Waals surface area contributed by atoms with Crippen LogP contribution in [-0.2, 0) is 20.8 Å². The molecule has 0 spiro atoms. The zero-order valence-corrected chi connectivity index (χ0v) is 20.6. The van der Waals surface area contributed by atoms with E-state index in [2.05, 4.69) is 15.0 Å². The average molecular weight is 533 g/mol. The van der Waals surface area contributed by atoms with Crippen molar-refractivity contribution in [3.05, 3.63) is 59.9 Å². The van der Waals surface area contributed by atoms with Gasteiger partial charge in [-0.15, -0.1) is 13.2 Å². The molecular formula is C26H27F3N4O5. The Morgan fingerprint density at radius 3 is 2.53 bits per heavy atom. The predicted octanol–water partition coefficient (Wildman–Crippen LogP) is 2.50. The molecular weight excluding hydrogens is 505 g/mol. The summed E-state index contributed by atoms with van der Waals surface area (Å²) in [5, 5.41) is 2.65. The Bertz CT molecular complexity index is 1190. The summed E-state index contributed by atoms with van der Waals surface area (Å²) >= 11 is 0. The summed E-state index contributed by atoms with van der Waals surface area (Å²) in [5.74, 6) is -2.00. The van der Waals surface area contributed by atoms with E-state index in [1.54, 1.807) is 24.5 Å². The molecule has 2 fully saturated rings. The van der Waals surface area contributed by atoms with Crippen LogP contribution in [0, 0.1) is 0 Å². The number of Topliss-reactive ketones (excluding diaryl/α,β-unsaturated/α-hetero) is 1. The number of fused-ring (bicyclic) bond motifs is 1. The van der Waals surface area contributed by atoms with E-state index in [-0.39, 0.29) is 36.8 Å². The van der Waals surface area contributed by atoms with Gasteiger partial charge in [-0.2, -0.15) is 0 Å². The highest BCUT2D eigenvalue weighted by molar-refractivity contribution is 6.01. The Morgan fingerprint density at radius 2 is 1.89 bits per heavy atom. The van der Waals surface area contributed by atoms with Crippen molar-refractivity contribution in [2.24, 2.45) is 0 Å². The number of aromatic nitrogens is 1. The van der Waals surface area contributed by atoms with Crippen LogP contribution in [0.4, 0.5) is 13.2 Å². The molecule has 3 atom stereocenters. The van der Waals surface area contributed by atoms with Crippen LogP contribution in [0.2, 0.25) is 0 Å².